The van der Waals surface area contributed by atoms with Gasteiger partial charge in [0.15, 0.2) is 5.16 Å². The number of rotatable bonds is 5. The number of hydrogen-bond acceptors (Lipinski definition) is 4. The molecule has 1 N–H and O–H groups in total. The van der Waals surface area contributed by atoms with Crippen molar-refractivity contribution in [2.75, 3.05) is 11.1 Å². The standard InChI is InChI=1S/C26H24FN3O2S/c1-15-11-17(3)24(18(4)12-15)29-23(31)14-33-26-28-22-8-6-5-7-20(22)25(32)30(26)19-10-9-16(2)21(27)13-19/h5-13H,14H2,1-4H3,(H,29,31). The molecule has 0 fully saturated rings. The van der Waals surface area contributed by atoms with E-state index in [-0.39, 0.29) is 17.2 Å². The smallest absolute Gasteiger partial charge is 0.266 e. The van der Waals surface area contributed by atoms with Gasteiger partial charge in [-0.15, -0.1) is 0 Å². The van der Waals surface area contributed by atoms with Gasteiger partial charge in [-0.2, -0.15) is 0 Å². The lowest BCUT2D eigenvalue weighted by atomic mass is 10.1. The van der Waals surface area contributed by atoms with E-state index in [0.717, 1.165) is 34.1 Å². The van der Waals surface area contributed by atoms with Crippen LogP contribution in [-0.4, -0.2) is 21.2 Å². The number of para-hydroxylation sites is 1. The Hall–Kier alpha value is -3.45. The zero-order chi connectivity index (χ0) is 23.7. The second-order valence-corrected chi connectivity index (χ2v) is 9.04. The summed E-state index contributed by atoms with van der Waals surface area (Å²) >= 11 is 1.14. The molecule has 0 aliphatic rings. The quantitative estimate of drug-likeness (QED) is 0.315. The Morgan fingerprint density at radius 2 is 1.70 bits per heavy atom. The number of halogens is 1. The number of hydrogen-bond donors (Lipinski definition) is 1. The highest BCUT2D eigenvalue weighted by Crippen LogP contribution is 2.25. The monoisotopic (exact) mass is 461 g/mol. The van der Waals surface area contributed by atoms with Gasteiger partial charge < -0.3 is 5.32 Å². The Kier molecular flexibility index (Phi) is 6.33. The highest BCUT2D eigenvalue weighted by atomic mass is 32.2. The molecule has 1 amide bonds. The molecule has 4 aromatic rings. The van der Waals surface area contributed by atoms with Crippen LogP contribution in [0.1, 0.15) is 22.3 Å². The third kappa shape index (κ3) is 4.68. The number of benzene rings is 3. The summed E-state index contributed by atoms with van der Waals surface area (Å²) in [5.41, 5.74) is 4.97. The fourth-order valence-electron chi connectivity index (χ4n) is 3.84. The molecule has 0 atom stereocenters. The van der Waals surface area contributed by atoms with Gasteiger partial charge in [-0.05, 0) is 68.7 Å². The molecule has 5 nitrogen and oxygen atoms in total. The van der Waals surface area contributed by atoms with Crippen molar-refractivity contribution in [1.29, 1.82) is 0 Å². The first-order chi connectivity index (χ1) is 15.7. The summed E-state index contributed by atoms with van der Waals surface area (Å²) in [7, 11) is 0. The van der Waals surface area contributed by atoms with E-state index in [0.29, 0.717) is 27.3 Å². The van der Waals surface area contributed by atoms with E-state index in [9.17, 15) is 14.0 Å². The van der Waals surface area contributed by atoms with E-state index in [2.05, 4.69) is 10.3 Å². The molecule has 1 aromatic heterocycles. The number of carbonyl (C=O) groups is 1. The predicted molar refractivity (Wildman–Crippen MR) is 132 cm³/mol. The zero-order valence-electron chi connectivity index (χ0n) is 18.9. The number of fused-ring (bicyclic) bond motifs is 1. The fourth-order valence-corrected chi connectivity index (χ4v) is 4.65. The number of thioether (sulfide) groups is 1. The van der Waals surface area contributed by atoms with Crippen molar-refractivity contribution >= 4 is 34.3 Å². The summed E-state index contributed by atoms with van der Waals surface area (Å²) in [4.78, 5) is 30.7. The first-order valence-corrected chi connectivity index (χ1v) is 11.5. The maximum Gasteiger partial charge on any atom is 0.266 e. The average Bonchev–Trinajstić information content (AvgIpc) is 2.77. The molecule has 7 heteroatoms. The Morgan fingerprint density at radius 3 is 2.39 bits per heavy atom. The highest BCUT2D eigenvalue weighted by molar-refractivity contribution is 7.99. The number of amides is 1. The lowest BCUT2D eigenvalue weighted by molar-refractivity contribution is -0.113. The summed E-state index contributed by atoms with van der Waals surface area (Å²) in [5, 5.41) is 3.73. The van der Waals surface area contributed by atoms with Crippen LogP contribution in [0.2, 0.25) is 0 Å². The van der Waals surface area contributed by atoms with Gasteiger partial charge in [0.1, 0.15) is 5.82 Å². The molecule has 0 radical (unpaired) electrons. The molecule has 0 aliphatic heterocycles. The number of nitrogens with zero attached hydrogens (tertiary/aromatic N) is 2. The second-order valence-electron chi connectivity index (χ2n) is 8.10. The Morgan fingerprint density at radius 1 is 1.00 bits per heavy atom. The minimum atomic E-state index is -0.411. The van der Waals surface area contributed by atoms with Crippen LogP contribution in [-0.2, 0) is 4.79 Å². The van der Waals surface area contributed by atoms with Crippen LogP contribution in [0.15, 0.2) is 64.5 Å². The Bertz CT molecular complexity index is 1420. The third-order valence-corrected chi connectivity index (χ3v) is 6.37. The lowest BCUT2D eigenvalue weighted by Crippen LogP contribution is -2.23. The molecule has 4 rings (SSSR count). The number of carbonyl (C=O) groups excluding carboxylic acids is 1. The highest BCUT2D eigenvalue weighted by Gasteiger charge is 2.16. The molecule has 0 unspecified atom stereocenters. The number of aryl methyl sites for hydroxylation is 4. The van der Waals surface area contributed by atoms with Gasteiger partial charge in [0.2, 0.25) is 5.91 Å². The Balaban J connectivity index is 1.69. The van der Waals surface area contributed by atoms with Crippen molar-refractivity contribution in [3.05, 3.63) is 93.0 Å². The summed E-state index contributed by atoms with van der Waals surface area (Å²) in [6, 6.07) is 15.7. The molecule has 0 bridgehead atoms. The van der Waals surface area contributed by atoms with Crippen LogP contribution in [0.3, 0.4) is 0 Å². The van der Waals surface area contributed by atoms with E-state index in [4.69, 9.17) is 0 Å². The minimum Gasteiger partial charge on any atom is -0.325 e. The summed E-state index contributed by atoms with van der Waals surface area (Å²) in [6.45, 7) is 7.59. The van der Waals surface area contributed by atoms with E-state index in [1.54, 1.807) is 43.3 Å². The van der Waals surface area contributed by atoms with Crippen molar-refractivity contribution in [2.24, 2.45) is 0 Å². The number of aromatic nitrogens is 2. The van der Waals surface area contributed by atoms with Crippen LogP contribution in [0.4, 0.5) is 10.1 Å². The van der Waals surface area contributed by atoms with Crippen LogP contribution >= 0.6 is 11.8 Å². The summed E-state index contributed by atoms with van der Waals surface area (Å²) in [6.07, 6.45) is 0. The van der Waals surface area contributed by atoms with Crippen molar-refractivity contribution < 1.29 is 9.18 Å². The van der Waals surface area contributed by atoms with Crippen LogP contribution in [0, 0.1) is 33.5 Å². The van der Waals surface area contributed by atoms with Crippen molar-refractivity contribution in [1.82, 2.24) is 9.55 Å². The van der Waals surface area contributed by atoms with Gasteiger partial charge in [-0.1, -0.05) is 47.7 Å². The van der Waals surface area contributed by atoms with Gasteiger partial charge in [0, 0.05) is 5.69 Å². The van der Waals surface area contributed by atoms with Gasteiger partial charge >= 0.3 is 0 Å². The molecule has 3 aromatic carbocycles. The largest absolute Gasteiger partial charge is 0.325 e. The van der Waals surface area contributed by atoms with Gasteiger partial charge in [0.05, 0.1) is 22.3 Å². The molecule has 0 saturated carbocycles. The van der Waals surface area contributed by atoms with E-state index >= 15 is 0 Å². The maximum atomic E-state index is 14.3. The summed E-state index contributed by atoms with van der Waals surface area (Å²) < 4.78 is 15.7. The minimum absolute atomic E-state index is 0.0475. The SMILES string of the molecule is Cc1cc(C)c(NC(=O)CSc2nc3ccccc3c(=O)n2-c2ccc(C)c(F)c2)c(C)c1. The maximum absolute atomic E-state index is 14.3. The first-order valence-electron chi connectivity index (χ1n) is 10.5. The van der Waals surface area contributed by atoms with E-state index in [1.807, 2.05) is 32.9 Å². The van der Waals surface area contributed by atoms with Gasteiger partial charge in [-0.25, -0.2) is 9.37 Å². The summed E-state index contributed by atoms with van der Waals surface area (Å²) in [5.74, 6) is -0.572. The zero-order valence-corrected chi connectivity index (χ0v) is 19.7. The van der Waals surface area contributed by atoms with E-state index in [1.165, 1.54) is 10.6 Å². The lowest BCUT2D eigenvalue weighted by Gasteiger charge is -2.15. The molecule has 33 heavy (non-hydrogen) atoms. The third-order valence-electron chi connectivity index (χ3n) is 5.43. The van der Waals surface area contributed by atoms with E-state index < -0.39 is 5.82 Å². The molecule has 0 saturated heterocycles. The van der Waals surface area contributed by atoms with Crippen LogP contribution < -0.4 is 10.9 Å². The van der Waals surface area contributed by atoms with Crippen molar-refractivity contribution in [3.63, 3.8) is 0 Å². The first kappa shape index (κ1) is 22.7. The van der Waals surface area contributed by atoms with Crippen molar-refractivity contribution in [2.45, 2.75) is 32.9 Å². The van der Waals surface area contributed by atoms with Gasteiger partial charge in [-0.3, -0.25) is 14.2 Å². The fraction of sp³-hybridized carbons (Fsp3) is 0.192. The molecular weight excluding hydrogens is 437 g/mol. The molecule has 0 aliphatic carbocycles. The average molecular weight is 462 g/mol. The van der Waals surface area contributed by atoms with Crippen LogP contribution in [0.25, 0.3) is 16.6 Å². The Labute approximate surface area is 195 Å². The number of anilines is 1. The van der Waals surface area contributed by atoms with Crippen molar-refractivity contribution in [3.8, 4) is 5.69 Å². The predicted octanol–water partition coefficient (Wildman–Crippen LogP) is 5.49. The second kappa shape index (κ2) is 9.19. The topological polar surface area (TPSA) is 64.0 Å². The molecule has 1 heterocycles. The molecule has 168 valence electrons. The van der Waals surface area contributed by atoms with Crippen LogP contribution in [0.5, 0.6) is 0 Å². The molecular formula is C26H24FN3O2S. The van der Waals surface area contributed by atoms with Gasteiger partial charge in [0.25, 0.3) is 5.56 Å². The normalized spacial score (nSPS) is 11.1. The molecule has 0 spiro atoms. The number of nitrogens with one attached hydrogen (secondary N) is 1.